The first-order valence-electron chi connectivity index (χ1n) is 9.37. The molecule has 0 saturated heterocycles. The van der Waals surface area contributed by atoms with Crippen LogP contribution in [-0.2, 0) is 14.3 Å². The van der Waals surface area contributed by atoms with Gasteiger partial charge in [-0.25, -0.2) is 9.78 Å². The van der Waals surface area contributed by atoms with E-state index in [9.17, 15) is 14.4 Å². The van der Waals surface area contributed by atoms with Crippen molar-refractivity contribution in [3.63, 3.8) is 0 Å². The lowest BCUT2D eigenvalue weighted by Crippen LogP contribution is -2.30. The normalized spacial score (nSPS) is 11.7. The molecule has 0 aliphatic heterocycles. The van der Waals surface area contributed by atoms with Gasteiger partial charge in [-0.3, -0.25) is 14.9 Å². The molecule has 168 valence electrons. The molecule has 2 aromatic heterocycles. The zero-order valence-electron chi connectivity index (χ0n) is 17.5. The van der Waals surface area contributed by atoms with Crippen molar-refractivity contribution >= 4 is 73.8 Å². The number of halogens is 2. The number of thiophene rings is 1. The molecule has 2 heterocycles. The first kappa shape index (κ1) is 24.2. The zero-order valence-corrected chi connectivity index (χ0v) is 20.7. The van der Waals surface area contributed by atoms with Gasteiger partial charge in [0.15, 0.2) is 11.2 Å². The van der Waals surface area contributed by atoms with Gasteiger partial charge in [0.2, 0.25) is 5.91 Å². The smallest absolute Gasteiger partial charge is 0.342 e. The number of nitrogens with zero attached hydrogens (tertiary/aromatic N) is 1. The quantitative estimate of drug-likeness (QED) is 0.399. The Morgan fingerprint density at radius 2 is 1.84 bits per heavy atom. The van der Waals surface area contributed by atoms with Gasteiger partial charge in [-0.2, -0.15) is 0 Å². The minimum atomic E-state index is -1.08. The van der Waals surface area contributed by atoms with Gasteiger partial charge in [0, 0.05) is 22.7 Å². The summed E-state index contributed by atoms with van der Waals surface area (Å²) in [6, 6.07) is 5.13. The highest BCUT2D eigenvalue weighted by Gasteiger charge is 2.26. The maximum atomic E-state index is 12.7. The van der Waals surface area contributed by atoms with Crippen LogP contribution in [-0.4, -0.2) is 28.9 Å². The second-order valence-electron chi connectivity index (χ2n) is 6.87. The first-order chi connectivity index (χ1) is 15.1. The number of carbonyl (C=O) groups excluding carboxylic acids is 3. The zero-order chi connectivity index (χ0) is 23.6. The van der Waals surface area contributed by atoms with Gasteiger partial charge in [-0.15, -0.1) is 22.7 Å². The number of benzene rings is 1. The lowest BCUT2D eigenvalue weighted by atomic mass is 10.1. The van der Waals surface area contributed by atoms with Crippen LogP contribution in [0.15, 0.2) is 23.6 Å². The number of nitrogens with one attached hydrogen (secondary N) is 2. The Labute approximate surface area is 202 Å². The molecule has 0 spiro atoms. The number of ether oxygens (including phenoxy) is 1. The fourth-order valence-corrected chi connectivity index (χ4v) is 4.84. The average Bonchev–Trinajstić information content (AvgIpc) is 3.28. The van der Waals surface area contributed by atoms with Gasteiger partial charge < -0.3 is 10.1 Å². The molecule has 3 rings (SSSR count). The number of amides is 2. The summed E-state index contributed by atoms with van der Waals surface area (Å²) in [6.07, 6.45) is -1.08. The van der Waals surface area contributed by atoms with Crippen LogP contribution in [0.4, 0.5) is 10.1 Å². The molecule has 7 nitrogen and oxygen atoms in total. The van der Waals surface area contributed by atoms with E-state index in [2.05, 4.69) is 15.6 Å². The van der Waals surface area contributed by atoms with Crippen LogP contribution in [0.1, 0.15) is 34.6 Å². The number of anilines is 2. The molecule has 11 heteroatoms. The van der Waals surface area contributed by atoms with Crippen molar-refractivity contribution in [1.29, 1.82) is 0 Å². The number of hydrogen-bond donors (Lipinski definition) is 2. The molecule has 2 amide bonds. The number of thiazole rings is 1. The third-order valence-corrected chi connectivity index (χ3v) is 7.10. The summed E-state index contributed by atoms with van der Waals surface area (Å²) in [5, 5.41) is 8.64. The molecule has 2 N–H and O–H groups in total. The Morgan fingerprint density at radius 1 is 1.12 bits per heavy atom. The third-order valence-electron chi connectivity index (χ3n) is 4.48. The summed E-state index contributed by atoms with van der Waals surface area (Å²) in [4.78, 5) is 41.9. The molecule has 3 aromatic rings. The maximum absolute atomic E-state index is 12.7. The Balaban J connectivity index is 1.68. The highest BCUT2D eigenvalue weighted by Crippen LogP contribution is 2.33. The van der Waals surface area contributed by atoms with Crippen molar-refractivity contribution in [2.75, 3.05) is 10.6 Å². The van der Waals surface area contributed by atoms with Gasteiger partial charge in [0.25, 0.3) is 5.91 Å². The lowest BCUT2D eigenvalue weighted by molar-refractivity contribution is -0.123. The van der Waals surface area contributed by atoms with E-state index in [0.29, 0.717) is 31.4 Å². The Kier molecular flexibility index (Phi) is 7.55. The van der Waals surface area contributed by atoms with E-state index in [1.807, 2.05) is 6.92 Å². The standard InChI is InChI=1S/C21H19Cl2N3O4S2/c1-9-11(3)32-19(24-12(4)27)17(9)20(29)30-10(2)18(28)26-21-25-16(8-31-21)13-5-6-14(22)15(23)7-13/h5-8,10H,1-4H3,(H,24,27)(H,25,26,28). The summed E-state index contributed by atoms with van der Waals surface area (Å²) in [7, 11) is 0. The number of aryl methyl sites for hydroxylation is 1. The largest absolute Gasteiger partial charge is 0.449 e. The van der Waals surface area contributed by atoms with Crippen molar-refractivity contribution in [1.82, 2.24) is 4.98 Å². The van der Waals surface area contributed by atoms with E-state index in [-0.39, 0.29) is 11.5 Å². The monoisotopic (exact) mass is 511 g/mol. The van der Waals surface area contributed by atoms with Crippen LogP contribution in [0.3, 0.4) is 0 Å². The summed E-state index contributed by atoms with van der Waals surface area (Å²) < 4.78 is 5.36. The van der Waals surface area contributed by atoms with Crippen molar-refractivity contribution in [3.8, 4) is 11.3 Å². The van der Waals surface area contributed by atoms with Gasteiger partial charge in [-0.05, 0) is 38.5 Å². The molecule has 0 aliphatic rings. The van der Waals surface area contributed by atoms with E-state index >= 15 is 0 Å². The van der Waals surface area contributed by atoms with Gasteiger partial charge in [0.1, 0.15) is 5.00 Å². The highest BCUT2D eigenvalue weighted by atomic mass is 35.5. The minimum Gasteiger partial charge on any atom is -0.449 e. The fraction of sp³-hybridized carbons (Fsp3) is 0.238. The minimum absolute atomic E-state index is 0.249. The van der Waals surface area contributed by atoms with Crippen molar-refractivity contribution in [3.05, 3.63) is 49.6 Å². The summed E-state index contributed by atoms with van der Waals surface area (Å²) in [5.41, 5.74) is 2.32. The number of rotatable bonds is 6. The SMILES string of the molecule is CC(=O)Nc1sc(C)c(C)c1C(=O)OC(C)C(=O)Nc1nc(-c2ccc(Cl)c(Cl)c2)cs1. The Morgan fingerprint density at radius 3 is 2.50 bits per heavy atom. The van der Waals surface area contributed by atoms with Crippen molar-refractivity contribution in [2.24, 2.45) is 0 Å². The van der Waals surface area contributed by atoms with E-state index in [4.69, 9.17) is 27.9 Å². The van der Waals surface area contributed by atoms with Crippen LogP contribution in [0, 0.1) is 13.8 Å². The fourth-order valence-electron chi connectivity index (χ4n) is 2.72. The average molecular weight is 512 g/mol. The Bertz CT molecular complexity index is 1210. The van der Waals surface area contributed by atoms with Gasteiger partial charge >= 0.3 is 5.97 Å². The number of esters is 1. The Hall–Kier alpha value is -2.46. The summed E-state index contributed by atoms with van der Waals surface area (Å²) >= 11 is 14.5. The summed E-state index contributed by atoms with van der Waals surface area (Å²) in [6.45, 7) is 6.42. The maximum Gasteiger partial charge on any atom is 0.342 e. The molecule has 1 atom stereocenters. The van der Waals surface area contributed by atoms with Crippen LogP contribution in [0.2, 0.25) is 10.0 Å². The first-order valence-corrected chi connectivity index (χ1v) is 11.8. The predicted octanol–water partition coefficient (Wildman–Crippen LogP) is 5.94. The molecule has 1 unspecified atom stereocenters. The van der Waals surface area contributed by atoms with Crippen LogP contribution in [0.5, 0.6) is 0 Å². The van der Waals surface area contributed by atoms with Crippen LogP contribution >= 0.6 is 45.9 Å². The molecule has 1 aromatic carbocycles. The van der Waals surface area contributed by atoms with E-state index in [0.717, 1.165) is 10.4 Å². The topological polar surface area (TPSA) is 97.4 Å². The molecule has 0 aliphatic carbocycles. The number of hydrogen-bond acceptors (Lipinski definition) is 7. The second-order valence-corrected chi connectivity index (χ2v) is 9.77. The third kappa shape index (κ3) is 5.47. The van der Waals surface area contributed by atoms with E-state index in [1.54, 1.807) is 30.5 Å². The highest BCUT2D eigenvalue weighted by molar-refractivity contribution is 7.16. The van der Waals surface area contributed by atoms with Gasteiger partial charge in [0.05, 0.1) is 21.3 Å². The number of aromatic nitrogens is 1. The van der Waals surface area contributed by atoms with E-state index in [1.165, 1.54) is 36.5 Å². The second kappa shape index (κ2) is 9.99. The van der Waals surface area contributed by atoms with Crippen LogP contribution < -0.4 is 10.6 Å². The number of carbonyl (C=O) groups is 3. The molecule has 0 fully saturated rings. The molecule has 0 radical (unpaired) electrons. The molecule has 0 bridgehead atoms. The molecule has 0 saturated carbocycles. The predicted molar refractivity (Wildman–Crippen MR) is 129 cm³/mol. The molecule has 32 heavy (non-hydrogen) atoms. The molecular weight excluding hydrogens is 493 g/mol. The summed E-state index contributed by atoms with van der Waals surface area (Å²) in [5.74, 6) is -1.51. The lowest BCUT2D eigenvalue weighted by Gasteiger charge is -2.13. The van der Waals surface area contributed by atoms with E-state index < -0.39 is 18.0 Å². The van der Waals surface area contributed by atoms with Gasteiger partial charge in [-0.1, -0.05) is 29.3 Å². The van der Waals surface area contributed by atoms with Crippen molar-refractivity contribution in [2.45, 2.75) is 33.8 Å². The van der Waals surface area contributed by atoms with Crippen LogP contribution in [0.25, 0.3) is 11.3 Å². The van der Waals surface area contributed by atoms with Crippen molar-refractivity contribution < 1.29 is 19.1 Å². The molecular formula is C21H19Cl2N3O4S2.